The molecule has 19 heavy (non-hydrogen) atoms. The third-order valence-corrected chi connectivity index (χ3v) is 2.50. The number of halogens is 2. The first-order chi connectivity index (χ1) is 8.99. The summed E-state index contributed by atoms with van der Waals surface area (Å²) in [7, 11) is 0. The van der Waals surface area contributed by atoms with E-state index in [4.69, 9.17) is 10.8 Å². The Labute approximate surface area is 107 Å². The summed E-state index contributed by atoms with van der Waals surface area (Å²) in [6, 6.07) is 7.34. The number of rotatable bonds is 2. The van der Waals surface area contributed by atoms with Crippen LogP contribution in [0.4, 0.5) is 20.2 Å². The molecule has 0 aliphatic carbocycles. The van der Waals surface area contributed by atoms with Crippen LogP contribution in [-0.2, 0) is 0 Å². The normalized spacial score (nSPS) is 10.2. The summed E-state index contributed by atoms with van der Waals surface area (Å²) in [5.74, 6) is -2.98. The maximum Gasteiger partial charge on any atom is 0.255 e. The van der Waals surface area contributed by atoms with Gasteiger partial charge in [0.15, 0.2) is 11.6 Å². The van der Waals surface area contributed by atoms with E-state index in [-0.39, 0.29) is 17.0 Å². The smallest absolute Gasteiger partial charge is 0.255 e. The summed E-state index contributed by atoms with van der Waals surface area (Å²) >= 11 is 0. The summed E-state index contributed by atoms with van der Waals surface area (Å²) < 4.78 is 26.5. The fourth-order valence-electron chi connectivity index (χ4n) is 1.49. The Balaban J connectivity index is 2.29. The molecular weight excluding hydrogens is 254 g/mol. The first kappa shape index (κ1) is 12.8. The van der Waals surface area contributed by atoms with E-state index in [9.17, 15) is 13.6 Å². The Bertz CT molecular complexity index is 627. The number of nitrogen functional groups attached to an aromatic ring is 1. The van der Waals surface area contributed by atoms with Gasteiger partial charge in [0.05, 0.1) is 5.69 Å². The molecule has 4 N–H and O–H groups in total. The molecule has 0 unspecified atom stereocenters. The van der Waals surface area contributed by atoms with Crippen LogP contribution >= 0.6 is 0 Å². The number of aromatic hydroxyl groups is 1. The lowest BCUT2D eigenvalue weighted by atomic mass is 10.2. The third kappa shape index (κ3) is 2.62. The van der Waals surface area contributed by atoms with Crippen LogP contribution in [0.2, 0.25) is 0 Å². The van der Waals surface area contributed by atoms with Crippen molar-refractivity contribution in [2.24, 2.45) is 0 Å². The molecule has 6 heteroatoms. The number of benzene rings is 2. The number of anilines is 2. The molecule has 0 saturated heterocycles. The van der Waals surface area contributed by atoms with E-state index >= 15 is 0 Å². The highest BCUT2D eigenvalue weighted by Crippen LogP contribution is 2.25. The van der Waals surface area contributed by atoms with Crippen molar-refractivity contribution in [2.45, 2.75) is 0 Å². The molecule has 0 bridgehead atoms. The number of nitrogens with one attached hydrogen (secondary N) is 1. The van der Waals surface area contributed by atoms with E-state index < -0.39 is 23.2 Å². The predicted molar refractivity (Wildman–Crippen MR) is 66.8 cm³/mol. The van der Waals surface area contributed by atoms with Gasteiger partial charge in [0, 0.05) is 5.56 Å². The number of phenols is 1. The number of hydrogen-bond donors (Lipinski definition) is 3. The fourth-order valence-corrected chi connectivity index (χ4v) is 1.49. The van der Waals surface area contributed by atoms with Crippen molar-refractivity contribution < 1.29 is 18.7 Å². The zero-order valence-corrected chi connectivity index (χ0v) is 9.65. The summed E-state index contributed by atoms with van der Waals surface area (Å²) in [6.45, 7) is 0. The molecule has 0 spiro atoms. The second-order valence-electron chi connectivity index (χ2n) is 3.83. The predicted octanol–water partition coefficient (Wildman–Crippen LogP) is 2.50. The molecule has 0 radical (unpaired) electrons. The van der Waals surface area contributed by atoms with E-state index in [0.29, 0.717) is 0 Å². The Morgan fingerprint density at radius 2 is 1.74 bits per heavy atom. The Morgan fingerprint density at radius 3 is 2.37 bits per heavy atom. The molecule has 0 saturated carbocycles. The Kier molecular flexibility index (Phi) is 3.33. The van der Waals surface area contributed by atoms with E-state index in [1.165, 1.54) is 24.3 Å². The van der Waals surface area contributed by atoms with Crippen molar-refractivity contribution >= 4 is 17.3 Å². The summed E-state index contributed by atoms with van der Waals surface area (Å²) in [5.41, 5.74) is 5.18. The largest absolute Gasteiger partial charge is 0.508 e. The third-order valence-electron chi connectivity index (χ3n) is 2.50. The number of carbonyl (C=O) groups excluding carboxylic acids is 1. The average molecular weight is 264 g/mol. The summed E-state index contributed by atoms with van der Waals surface area (Å²) in [6.07, 6.45) is 0. The van der Waals surface area contributed by atoms with Gasteiger partial charge in [-0.1, -0.05) is 0 Å². The fraction of sp³-hybridized carbons (Fsp3) is 0. The molecule has 0 atom stereocenters. The van der Waals surface area contributed by atoms with E-state index in [0.717, 1.165) is 12.1 Å². The van der Waals surface area contributed by atoms with Crippen LogP contribution in [0.1, 0.15) is 10.4 Å². The van der Waals surface area contributed by atoms with Crippen molar-refractivity contribution in [3.05, 3.63) is 53.6 Å². The van der Waals surface area contributed by atoms with Crippen molar-refractivity contribution in [2.75, 3.05) is 11.1 Å². The Morgan fingerprint density at radius 1 is 1.11 bits per heavy atom. The number of nitrogens with two attached hydrogens (primary N) is 1. The van der Waals surface area contributed by atoms with Gasteiger partial charge in [-0.15, -0.1) is 0 Å². The van der Waals surface area contributed by atoms with Crippen molar-refractivity contribution in [1.82, 2.24) is 0 Å². The second-order valence-corrected chi connectivity index (χ2v) is 3.83. The van der Waals surface area contributed by atoms with Crippen LogP contribution in [0.25, 0.3) is 0 Å². The van der Waals surface area contributed by atoms with Gasteiger partial charge in [0.2, 0.25) is 0 Å². The molecule has 1 amide bonds. The van der Waals surface area contributed by atoms with Crippen LogP contribution in [-0.4, -0.2) is 11.0 Å². The lowest BCUT2D eigenvalue weighted by molar-refractivity contribution is 0.102. The molecule has 0 heterocycles. The molecule has 0 aliphatic heterocycles. The average Bonchev–Trinajstić information content (AvgIpc) is 2.40. The number of amides is 1. The monoisotopic (exact) mass is 264 g/mol. The summed E-state index contributed by atoms with van der Waals surface area (Å²) in [5, 5.41) is 11.3. The molecule has 0 aliphatic rings. The number of carbonyl (C=O) groups is 1. The molecule has 2 aromatic rings. The minimum atomic E-state index is -1.22. The minimum absolute atomic E-state index is 0.00648. The van der Waals surface area contributed by atoms with Crippen LogP contribution in [0.5, 0.6) is 5.75 Å². The van der Waals surface area contributed by atoms with Gasteiger partial charge in [0.25, 0.3) is 5.91 Å². The molecule has 4 nitrogen and oxygen atoms in total. The van der Waals surface area contributed by atoms with Crippen LogP contribution in [0.3, 0.4) is 0 Å². The van der Waals surface area contributed by atoms with Crippen molar-refractivity contribution in [1.29, 1.82) is 0 Å². The topological polar surface area (TPSA) is 75.3 Å². The Hall–Kier alpha value is -2.63. The number of phenolic OH excluding ortho intramolecular Hbond substituents is 1. The van der Waals surface area contributed by atoms with Gasteiger partial charge < -0.3 is 16.2 Å². The number of hydrogen-bond acceptors (Lipinski definition) is 3. The van der Waals surface area contributed by atoms with Gasteiger partial charge in [-0.25, -0.2) is 8.78 Å². The van der Waals surface area contributed by atoms with Gasteiger partial charge in [-0.3, -0.25) is 4.79 Å². The first-order valence-corrected chi connectivity index (χ1v) is 5.33. The lowest BCUT2D eigenvalue weighted by Gasteiger charge is -2.09. The lowest BCUT2D eigenvalue weighted by Crippen LogP contribution is -2.15. The van der Waals surface area contributed by atoms with Crippen LogP contribution < -0.4 is 11.1 Å². The van der Waals surface area contributed by atoms with Gasteiger partial charge >= 0.3 is 0 Å². The van der Waals surface area contributed by atoms with Crippen LogP contribution in [0.15, 0.2) is 36.4 Å². The highest BCUT2D eigenvalue weighted by molar-refractivity contribution is 6.05. The van der Waals surface area contributed by atoms with E-state index in [1.54, 1.807) is 0 Å². The van der Waals surface area contributed by atoms with Gasteiger partial charge in [-0.2, -0.15) is 0 Å². The molecular formula is C13H10F2N2O2. The van der Waals surface area contributed by atoms with Gasteiger partial charge in [-0.05, 0) is 36.4 Å². The first-order valence-electron chi connectivity index (χ1n) is 5.33. The second kappa shape index (κ2) is 4.93. The van der Waals surface area contributed by atoms with Crippen molar-refractivity contribution in [3.8, 4) is 5.75 Å². The maximum atomic E-state index is 13.5. The molecule has 0 fully saturated rings. The molecule has 2 rings (SSSR count). The molecule has 0 aromatic heterocycles. The molecule has 2 aromatic carbocycles. The quantitative estimate of drug-likeness (QED) is 0.729. The minimum Gasteiger partial charge on any atom is -0.508 e. The SMILES string of the molecule is Nc1ccc(F)c(F)c1NC(=O)c1ccc(O)cc1. The van der Waals surface area contributed by atoms with Crippen LogP contribution in [0, 0.1) is 11.6 Å². The van der Waals surface area contributed by atoms with Gasteiger partial charge in [0.1, 0.15) is 11.4 Å². The maximum absolute atomic E-state index is 13.5. The van der Waals surface area contributed by atoms with Crippen molar-refractivity contribution in [3.63, 3.8) is 0 Å². The molecule has 98 valence electrons. The standard InChI is InChI=1S/C13H10F2N2O2/c14-9-5-6-10(16)12(11(9)15)17-13(19)7-1-3-8(18)4-2-7/h1-6,18H,16H2,(H,17,19). The summed E-state index contributed by atoms with van der Waals surface area (Å²) in [4.78, 5) is 11.8. The zero-order chi connectivity index (χ0) is 14.0. The highest BCUT2D eigenvalue weighted by atomic mass is 19.2. The highest BCUT2D eigenvalue weighted by Gasteiger charge is 2.15. The van der Waals surface area contributed by atoms with E-state index in [1.807, 2.05) is 0 Å². The zero-order valence-electron chi connectivity index (χ0n) is 9.65. The van der Waals surface area contributed by atoms with E-state index in [2.05, 4.69) is 5.32 Å².